The van der Waals surface area contributed by atoms with Crippen LogP contribution in [0.3, 0.4) is 0 Å². The first-order valence-corrected chi connectivity index (χ1v) is 47.0. The summed E-state index contributed by atoms with van der Waals surface area (Å²) in [4.78, 5) is 99.2. The Labute approximate surface area is 725 Å². The van der Waals surface area contributed by atoms with Gasteiger partial charge in [-0.25, -0.2) is 77.7 Å². The van der Waals surface area contributed by atoms with Crippen molar-refractivity contribution in [3.05, 3.63) is 49.6 Å². The second kappa shape index (κ2) is 42.6. The fourth-order valence-electron chi connectivity index (χ4n) is 14.8. The maximum absolute atomic E-state index is 12.2. The quantitative estimate of drug-likeness (QED) is 0.0708. The second-order valence-electron chi connectivity index (χ2n) is 34.3. The van der Waals surface area contributed by atoms with Crippen LogP contribution in [-0.2, 0) is 49.4 Å². The molecular weight excluding hydrogens is 1650 g/mol. The molecule has 12 fully saturated rings. The number of carbonyl (C=O) groups excluding carboxylic acids is 4. The maximum Gasteiger partial charge on any atom is 0.410 e. The molecule has 0 bridgehead atoms. The van der Waals surface area contributed by atoms with Gasteiger partial charge in [-0.15, -0.1) is 0 Å². The Morgan fingerprint density at radius 3 is 0.732 bits per heavy atom. The monoisotopic (exact) mass is 1780 g/mol. The lowest BCUT2D eigenvalue weighted by Crippen LogP contribution is -2.50. The molecule has 123 heavy (non-hydrogen) atoms. The van der Waals surface area contributed by atoms with Gasteiger partial charge in [-0.1, -0.05) is 22.3 Å². The lowest BCUT2D eigenvalue weighted by atomic mass is 9.98. The molecule has 0 aromatic carbocycles. The number of piperazine rings is 4. The molecule has 8 aliphatic heterocycles. The Morgan fingerprint density at radius 1 is 0.333 bits per heavy atom. The van der Waals surface area contributed by atoms with Crippen molar-refractivity contribution in [1.29, 1.82) is 0 Å². The van der Waals surface area contributed by atoms with Crippen LogP contribution in [-0.4, -0.2) is 334 Å². The molecule has 0 spiro atoms. The number of amides is 4. The fraction of sp³-hybridized carbons (Fsp3) is 0.750. The number of aromatic nitrogens is 8. The molecule has 4 aromatic rings. The van der Waals surface area contributed by atoms with Crippen molar-refractivity contribution in [3.8, 4) is 23.5 Å². The van der Waals surface area contributed by atoms with Gasteiger partial charge in [-0.05, 0) is 154 Å². The zero-order chi connectivity index (χ0) is 84.9. The van der Waals surface area contributed by atoms with Gasteiger partial charge in [0.1, 0.15) is 45.7 Å². The highest BCUT2D eigenvalue weighted by Gasteiger charge is 2.47. The van der Waals surface area contributed by atoms with E-state index in [1.165, 1.54) is 19.2 Å². The molecule has 40 nitrogen and oxygen atoms in total. The summed E-state index contributed by atoms with van der Waals surface area (Å²) in [5.74, 6) is 6.44. The molecule has 5 N–H and O–H groups in total. The third-order valence-electron chi connectivity index (χ3n) is 24.3. The van der Waals surface area contributed by atoms with Crippen molar-refractivity contribution in [2.24, 2.45) is 33.9 Å². The molecule has 12 heterocycles. The van der Waals surface area contributed by atoms with Crippen LogP contribution in [0.25, 0.3) is 0 Å². The fourth-order valence-corrected chi connectivity index (χ4v) is 17.0. The summed E-state index contributed by atoms with van der Waals surface area (Å²) in [6.07, 6.45) is 28.5. The molecule has 43 heteroatoms. The minimum absolute atomic E-state index is 0. The summed E-state index contributed by atoms with van der Waals surface area (Å²) < 4.78 is 118. The Hall–Kier alpha value is -8.59. The number of nitrogens with two attached hydrogens (primary N) is 2. The first-order valence-electron chi connectivity index (χ1n) is 42.2. The molecule has 8 saturated heterocycles. The van der Waals surface area contributed by atoms with E-state index in [9.17, 15) is 44.4 Å². The first kappa shape index (κ1) is 96.6. The van der Waals surface area contributed by atoms with Crippen LogP contribution in [0.1, 0.15) is 153 Å². The summed E-state index contributed by atoms with van der Waals surface area (Å²) in [6.45, 7) is 24.9. The van der Waals surface area contributed by atoms with Crippen LogP contribution in [0.4, 0.5) is 42.4 Å². The lowest BCUT2D eigenvalue weighted by molar-refractivity contribution is 0.0446. The Bertz CT molecular complexity index is 4020. The van der Waals surface area contributed by atoms with Crippen LogP contribution in [0.5, 0.6) is 23.5 Å². The Balaban J connectivity index is 0.000000171. The molecule has 4 aromatic heterocycles. The van der Waals surface area contributed by atoms with E-state index < -0.39 is 30.4 Å². The van der Waals surface area contributed by atoms with Crippen LogP contribution in [0.2, 0.25) is 0 Å². The highest BCUT2D eigenvalue weighted by Crippen LogP contribution is 2.43. The van der Waals surface area contributed by atoms with Gasteiger partial charge in [-0.2, -0.15) is 29.8 Å². The summed E-state index contributed by atoms with van der Waals surface area (Å²) in [5, 5.41) is 13.7. The van der Waals surface area contributed by atoms with E-state index in [1.807, 2.05) is 47.3 Å². The average Bonchev–Trinajstić information content (AvgIpc) is 1.70. The Morgan fingerprint density at radius 2 is 0.545 bits per heavy atom. The van der Waals surface area contributed by atoms with E-state index in [0.717, 1.165) is 154 Å². The lowest BCUT2D eigenvalue weighted by Gasteiger charge is -2.33. The van der Waals surface area contributed by atoms with Gasteiger partial charge < -0.3 is 82.4 Å². The molecule has 4 saturated carbocycles. The zero-order valence-electron chi connectivity index (χ0n) is 69.8. The molecule has 16 rings (SSSR count). The number of anilines is 4. The van der Waals surface area contributed by atoms with Gasteiger partial charge in [-0.3, -0.25) is 0 Å². The number of carbonyl (C=O) groups is 4. The third-order valence-corrected chi connectivity index (χ3v) is 27.8. The van der Waals surface area contributed by atoms with Gasteiger partial charge >= 0.3 is 24.4 Å². The van der Waals surface area contributed by atoms with Gasteiger partial charge in [0.15, 0.2) is 0 Å². The molecule has 0 unspecified atom stereocenters. The highest BCUT2D eigenvalue weighted by molar-refractivity contribution is 7.88. The van der Waals surface area contributed by atoms with Crippen LogP contribution in [0, 0.1) is 23.7 Å². The summed E-state index contributed by atoms with van der Waals surface area (Å²) in [7, 11) is -10.4. The van der Waals surface area contributed by atoms with E-state index in [0.29, 0.717) is 203 Å². The van der Waals surface area contributed by atoms with Crippen molar-refractivity contribution in [2.75, 3.05) is 209 Å². The number of rotatable bonds is 23. The summed E-state index contributed by atoms with van der Waals surface area (Å²) in [5.41, 5.74) is -0.912. The minimum atomic E-state index is -3.65. The van der Waals surface area contributed by atoms with Gasteiger partial charge in [0, 0.05) is 157 Å². The standard InChI is InChI=1S/C20H31N5O5S.2C19H30N6O5S.C19H29N5O3.3CH4/c1-20(5-6-20)30-19(26)24-7-3-16(4-8-24)15-29-18-14-21-17(13-22-18)23-9-11-25(12-10-23)31(2,27)28;2*1-19(4-5-19)30-18(26)24-6-2-15(3-7-24)14-29-17-13-21-16(12-22-17)23-8-10-25(11-9-23)31(20,27)28;1-19(4-5-19)27-18(25)24-8-2-15(3-9-24)14-26-17-13-21-16(12-22-17)23-10-6-20-7-11-23;;;/h13-14,16H,3-12,15H2,1-2H3;2*12-13,15H,2-11,14H2,1H3,(H2,20,27,28);12-13,15,20H,2-11,14H2,1H3;3*1H4. The molecular formula is C80H132N22O18S3. The van der Waals surface area contributed by atoms with Crippen LogP contribution >= 0.6 is 0 Å². The van der Waals surface area contributed by atoms with Crippen molar-refractivity contribution in [3.63, 3.8) is 0 Å². The normalized spacial score (nSPS) is 21.7. The topological polar surface area (TPSA) is 447 Å². The second-order valence-corrected chi connectivity index (χ2v) is 39.4. The molecule has 4 aliphatic carbocycles. The smallest absolute Gasteiger partial charge is 0.410 e. The number of nitrogens with one attached hydrogen (secondary N) is 1. The number of hydrogen-bond donors (Lipinski definition) is 3. The van der Waals surface area contributed by atoms with E-state index in [1.54, 1.807) is 64.3 Å². The Kier molecular flexibility index (Phi) is 33.5. The highest BCUT2D eigenvalue weighted by atomic mass is 32.2. The molecule has 0 atom stereocenters. The van der Waals surface area contributed by atoms with Gasteiger partial charge in [0.2, 0.25) is 33.5 Å². The van der Waals surface area contributed by atoms with Crippen molar-refractivity contribution in [1.82, 2.24) is 77.7 Å². The minimum Gasteiger partial charge on any atom is -0.476 e. The van der Waals surface area contributed by atoms with Crippen molar-refractivity contribution < 1.29 is 82.3 Å². The van der Waals surface area contributed by atoms with Crippen molar-refractivity contribution in [2.45, 2.75) is 175 Å². The van der Waals surface area contributed by atoms with Gasteiger partial charge in [0.25, 0.3) is 20.4 Å². The number of nitrogens with zero attached hydrogens (tertiary/aromatic N) is 19. The number of hydrogen-bond acceptors (Lipinski definition) is 31. The molecule has 688 valence electrons. The molecule has 0 radical (unpaired) electrons. The first-order chi connectivity index (χ1) is 57.3. The number of ether oxygens (including phenoxy) is 8. The number of likely N-dealkylation sites (tertiary alicyclic amines) is 4. The van der Waals surface area contributed by atoms with Crippen LogP contribution in [0.15, 0.2) is 49.6 Å². The predicted octanol–water partition coefficient (Wildman–Crippen LogP) is 6.08. The van der Waals surface area contributed by atoms with E-state index in [-0.39, 0.29) is 69.1 Å². The van der Waals surface area contributed by atoms with E-state index >= 15 is 0 Å². The number of sulfonamides is 1. The summed E-state index contributed by atoms with van der Waals surface area (Å²) >= 11 is 0. The van der Waals surface area contributed by atoms with E-state index in [4.69, 9.17) is 48.2 Å². The van der Waals surface area contributed by atoms with Gasteiger partial charge in [0.05, 0.1) is 82.3 Å². The SMILES string of the molecule is C.C.C.CC1(OC(=O)N2CCC(COc3cnc(N4CCN(S(C)(=O)=O)CC4)cn3)CC2)CC1.CC1(OC(=O)N2CCC(COc3cnc(N4CCN(S(N)(=O)=O)CC4)cn3)CC2)CC1.CC1(OC(=O)N2CCC(COc3cnc(N4CCN(S(N)(=O)=O)CC4)cn3)CC2)CC1.CC1(OC(=O)N2CCC(COc3cnc(N4CCNCC4)cn3)CC2)CC1. The van der Waals surface area contributed by atoms with E-state index in [2.05, 4.69) is 50.1 Å². The number of piperidine rings is 4. The third kappa shape index (κ3) is 29.2. The molecule has 4 amide bonds. The van der Waals surface area contributed by atoms with Crippen LogP contribution < -0.4 is 54.1 Å². The summed E-state index contributed by atoms with van der Waals surface area (Å²) in [6, 6.07) is 0. The average molecular weight is 1790 g/mol. The largest absolute Gasteiger partial charge is 0.476 e. The predicted molar refractivity (Wildman–Crippen MR) is 461 cm³/mol. The zero-order valence-corrected chi connectivity index (χ0v) is 72.2. The maximum atomic E-state index is 12.2. The molecule has 12 aliphatic rings. The van der Waals surface area contributed by atoms with Crippen molar-refractivity contribution >= 4 is 78.1 Å².